The molecule has 146 valence electrons. The molecule has 1 aromatic carbocycles. The summed E-state index contributed by atoms with van der Waals surface area (Å²) in [4.78, 5) is 31.0. The topological polar surface area (TPSA) is 88.8 Å². The molecular weight excluding hydrogens is 368 g/mol. The molecule has 3 rings (SSSR count). The van der Waals surface area contributed by atoms with Crippen LogP contribution < -0.4 is 4.90 Å². The summed E-state index contributed by atoms with van der Waals surface area (Å²) < 4.78 is 6.36. The zero-order chi connectivity index (χ0) is 19.8. The number of hydrogen-bond donors (Lipinski definition) is 0. The molecule has 1 atom stereocenters. The first-order valence-corrected chi connectivity index (χ1v) is 9.68. The first-order chi connectivity index (χ1) is 12.6. The number of anilines is 1. The quantitative estimate of drug-likeness (QED) is 0.579. The van der Waals surface area contributed by atoms with E-state index in [1.54, 1.807) is 11.0 Å². The molecule has 0 bridgehead atoms. The predicted molar refractivity (Wildman–Crippen MR) is 105 cm³/mol. The fourth-order valence-corrected chi connectivity index (χ4v) is 4.04. The van der Waals surface area contributed by atoms with Gasteiger partial charge in [-0.2, -0.15) is 0 Å². The Kier molecular flexibility index (Phi) is 5.23. The summed E-state index contributed by atoms with van der Waals surface area (Å²) in [7, 11) is 1.96. The molecule has 8 nitrogen and oxygen atoms in total. The van der Waals surface area contributed by atoms with Crippen molar-refractivity contribution < 1.29 is 14.5 Å². The number of ether oxygens (including phenoxy) is 1. The second-order valence-corrected chi connectivity index (χ2v) is 8.88. The van der Waals surface area contributed by atoms with Crippen LogP contribution in [0.15, 0.2) is 18.2 Å². The van der Waals surface area contributed by atoms with E-state index in [1.165, 1.54) is 23.5 Å². The van der Waals surface area contributed by atoms with Crippen molar-refractivity contribution in [3.05, 3.63) is 28.3 Å². The summed E-state index contributed by atoms with van der Waals surface area (Å²) in [5, 5.41) is 11.7. The fourth-order valence-electron chi connectivity index (χ4n) is 3.12. The highest BCUT2D eigenvalue weighted by molar-refractivity contribution is 7.22. The number of thiazole rings is 1. The van der Waals surface area contributed by atoms with Gasteiger partial charge in [-0.25, -0.2) is 9.78 Å². The predicted octanol–water partition coefficient (Wildman–Crippen LogP) is 3.90. The first-order valence-electron chi connectivity index (χ1n) is 8.86. The number of benzene rings is 1. The summed E-state index contributed by atoms with van der Waals surface area (Å²) in [5.41, 5.74) is 0.193. The van der Waals surface area contributed by atoms with Crippen molar-refractivity contribution in [1.82, 2.24) is 9.88 Å². The van der Waals surface area contributed by atoms with E-state index in [4.69, 9.17) is 4.74 Å². The standard InChI is InChI=1S/C18H24N4O4S/c1-18(2,3)26-17(23)21-8-7-12(11-21)10-20(4)16-19-14-9-13(22(24)25)5-6-15(14)27-16/h5-6,9,12H,7-8,10-11H2,1-4H3/t12-/m0/s1. The van der Waals surface area contributed by atoms with Crippen LogP contribution in [0, 0.1) is 16.0 Å². The molecule has 1 fully saturated rings. The normalized spacial score (nSPS) is 17.3. The zero-order valence-electron chi connectivity index (χ0n) is 16.0. The molecule has 9 heteroatoms. The molecule has 1 amide bonds. The Balaban J connectivity index is 1.62. The van der Waals surface area contributed by atoms with Gasteiger partial charge in [0.05, 0.1) is 15.1 Å². The Morgan fingerprint density at radius 3 is 2.89 bits per heavy atom. The maximum absolute atomic E-state index is 12.2. The number of nitro groups is 1. The Hall–Kier alpha value is -2.42. The number of non-ortho nitro benzene ring substituents is 1. The summed E-state index contributed by atoms with van der Waals surface area (Å²) in [6, 6.07) is 4.74. The minimum Gasteiger partial charge on any atom is -0.444 e. The maximum Gasteiger partial charge on any atom is 0.410 e. The molecule has 0 saturated carbocycles. The van der Waals surface area contributed by atoms with Crippen molar-refractivity contribution in [1.29, 1.82) is 0 Å². The number of aromatic nitrogens is 1. The third-order valence-electron chi connectivity index (χ3n) is 4.37. The second kappa shape index (κ2) is 7.30. The number of rotatable bonds is 4. The van der Waals surface area contributed by atoms with Crippen molar-refractivity contribution in [2.45, 2.75) is 32.8 Å². The lowest BCUT2D eigenvalue weighted by Crippen LogP contribution is -2.36. The van der Waals surface area contributed by atoms with Crippen LogP contribution >= 0.6 is 11.3 Å². The van der Waals surface area contributed by atoms with Crippen molar-refractivity contribution in [3.63, 3.8) is 0 Å². The number of likely N-dealkylation sites (tertiary alicyclic amines) is 1. The van der Waals surface area contributed by atoms with Gasteiger partial charge in [-0.3, -0.25) is 10.1 Å². The van der Waals surface area contributed by atoms with Gasteiger partial charge in [-0.05, 0) is 39.2 Å². The van der Waals surface area contributed by atoms with Crippen LogP contribution in [0.5, 0.6) is 0 Å². The molecule has 2 aromatic rings. The number of carbonyl (C=O) groups excluding carboxylic acids is 1. The Bertz CT molecular complexity index is 861. The SMILES string of the molecule is CN(C[C@@H]1CCN(C(=O)OC(C)(C)C)C1)c1nc2cc([N+](=O)[O-])ccc2s1. The van der Waals surface area contributed by atoms with E-state index in [2.05, 4.69) is 9.88 Å². The lowest BCUT2D eigenvalue weighted by atomic mass is 10.1. The van der Waals surface area contributed by atoms with Crippen LogP contribution in [0.3, 0.4) is 0 Å². The Morgan fingerprint density at radius 2 is 2.22 bits per heavy atom. The van der Waals surface area contributed by atoms with Crippen molar-refractivity contribution in [2.24, 2.45) is 5.92 Å². The highest BCUT2D eigenvalue weighted by atomic mass is 32.1. The lowest BCUT2D eigenvalue weighted by molar-refractivity contribution is -0.384. The zero-order valence-corrected chi connectivity index (χ0v) is 16.8. The van der Waals surface area contributed by atoms with E-state index in [1.807, 2.05) is 27.8 Å². The highest BCUT2D eigenvalue weighted by Crippen LogP contribution is 2.31. The van der Waals surface area contributed by atoms with Crippen molar-refractivity contribution >= 4 is 38.5 Å². The molecule has 0 N–H and O–H groups in total. The number of amides is 1. The van der Waals surface area contributed by atoms with E-state index < -0.39 is 10.5 Å². The number of carbonyl (C=O) groups is 1. The molecular formula is C18H24N4O4S. The summed E-state index contributed by atoms with van der Waals surface area (Å²) in [5.74, 6) is 0.337. The van der Waals surface area contributed by atoms with Gasteiger partial charge in [-0.1, -0.05) is 11.3 Å². The van der Waals surface area contributed by atoms with Crippen molar-refractivity contribution in [2.75, 3.05) is 31.6 Å². The second-order valence-electron chi connectivity index (χ2n) is 7.87. The van der Waals surface area contributed by atoms with Gasteiger partial charge in [0.25, 0.3) is 5.69 Å². The first kappa shape index (κ1) is 19.3. The molecule has 27 heavy (non-hydrogen) atoms. The maximum atomic E-state index is 12.2. The van der Waals surface area contributed by atoms with Crippen LogP contribution in [0.4, 0.5) is 15.6 Å². The number of fused-ring (bicyclic) bond motifs is 1. The highest BCUT2D eigenvalue weighted by Gasteiger charge is 2.30. The summed E-state index contributed by atoms with van der Waals surface area (Å²) in [6.45, 7) is 7.72. The van der Waals surface area contributed by atoms with E-state index in [-0.39, 0.29) is 11.8 Å². The van der Waals surface area contributed by atoms with Crippen molar-refractivity contribution in [3.8, 4) is 0 Å². The van der Waals surface area contributed by atoms with Crippen LogP contribution in [-0.2, 0) is 4.74 Å². The van der Waals surface area contributed by atoms with Gasteiger partial charge in [0, 0.05) is 38.8 Å². The molecule has 0 unspecified atom stereocenters. The minimum atomic E-state index is -0.491. The van der Waals surface area contributed by atoms with E-state index in [0.29, 0.717) is 24.5 Å². The Morgan fingerprint density at radius 1 is 1.48 bits per heavy atom. The molecule has 0 radical (unpaired) electrons. The van der Waals surface area contributed by atoms with Crippen LogP contribution in [0.25, 0.3) is 10.2 Å². The summed E-state index contributed by atoms with van der Waals surface area (Å²) >= 11 is 1.51. The van der Waals surface area contributed by atoms with E-state index in [0.717, 1.165) is 22.8 Å². The minimum absolute atomic E-state index is 0.0470. The molecule has 1 aliphatic rings. The molecule has 0 spiro atoms. The van der Waals surface area contributed by atoms with Gasteiger partial charge < -0.3 is 14.5 Å². The number of hydrogen-bond acceptors (Lipinski definition) is 7. The molecule has 1 saturated heterocycles. The van der Waals surface area contributed by atoms with Gasteiger partial charge >= 0.3 is 6.09 Å². The smallest absolute Gasteiger partial charge is 0.410 e. The van der Waals surface area contributed by atoms with E-state index in [9.17, 15) is 14.9 Å². The average molecular weight is 392 g/mol. The fraction of sp³-hybridized carbons (Fsp3) is 0.556. The largest absolute Gasteiger partial charge is 0.444 e. The van der Waals surface area contributed by atoms with Crippen LogP contribution in [-0.4, -0.2) is 53.2 Å². The van der Waals surface area contributed by atoms with Gasteiger partial charge in [0.15, 0.2) is 5.13 Å². The third-order valence-corrected chi connectivity index (χ3v) is 5.52. The molecule has 1 aromatic heterocycles. The number of nitro benzene ring substituents is 1. The average Bonchev–Trinajstić information content (AvgIpc) is 3.18. The van der Waals surface area contributed by atoms with Crippen LogP contribution in [0.1, 0.15) is 27.2 Å². The monoisotopic (exact) mass is 392 g/mol. The molecule has 0 aliphatic carbocycles. The third kappa shape index (κ3) is 4.65. The van der Waals surface area contributed by atoms with Gasteiger partial charge in [-0.15, -0.1) is 0 Å². The van der Waals surface area contributed by atoms with E-state index >= 15 is 0 Å². The van der Waals surface area contributed by atoms with Gasteiger partial charge in [0.2, 0.25) is 0 Å². The summed E-state index contributed by atoms with van der Waals surface area (Å²) in [6.07, 6.45) is 0.653. The Labute approximate surface area is 161 Å². The van der Waals surface area contributed by atoms with Gasteiger partial charge in [0.1, 0.15) is 5.60 Å². The number of nitrogens with zero attached hydrogens (tertiary/aromatic N) is 4. The molecule has 2 heterocycles. The lowest BCUT2D eigenvalue weighted by Gasteiger charge is -2.25. The molecule has 1 aliphatic heterocycles. The van der Waals surface area contributed by atoms with Crippen LogP contribution in [0.2, 0.25) is 0 Å².